The van der Waals surface area contributed by atoms with Crippen LogP contribution in [0.1, 0.15) is 63.6 Å². The number of nitrogens with zero attached hydrogens (tertiary/aromatic N) is 4. The van der Waals surface area contributed by atoms with Gasteiger partial charge in [0.15, 0.2) is 11.3 Å². The second-order valence-corrected chi connectivity index (χ2v) is 8.74. The van der Waals surface area contributed by atoms with Crippen molar-refractivity contribution in [2.75, 3.05) is 0 Å². The second kappa shape index (κ2) is 7.51. The maximum atomic E-state index is 12.9. The zero-order chi connectivity index (χ0) is 20.9. The molecule has 3 heterocycles. The van der Waals surface area contributed by atoms with Crippen LogP contribution in [0.15, 0.2) is 18.5 Å². The van der Waals surface area contributed by atoms with Gasteiger partial charge >= 0.3 is 6.18 Å². The van der Waals surface area contributed by atoms with Crippen molar-refractivity contribution >= 4 is 16.8 Å². The Balaban J connectivity index is 1.32. The highest BCUT2D eigenvalue weighted by Crippen LogP contribution is 2.44. The van der Waals surface area contributed by atoms with Gasteiger partial charge in [-0.15, -0.1) is 10.2 Å². The summed E-state index contributed by atoms with van der Waals surface area (Å²) in [6.07, 6.45) is 3.56. The Hall–Kier alpha value is -2.16. The van der Waals surface area contributed by atoms with E-state index in [1.54, 1.807) is 6.20 Å². The van der Waals surface area contributed by atoms with Crippen LogP contribution in [0.5, 0.6) is 0 Å². The number of aromatic amines is 1. The maximum absolute atomic E-state index is 12.9. The van der Waals surface area contributed by atoms with Crippen LogP contribution in [0.3, 0.4) is 0 Å². The molecular weight excluding hydrogens is 395 g/mol. The minimum atomic E-state index is -4.08. The Labute approximate surface area is 172 Å². The van der Waals surface area contributed by atoms with E-state index in [0.717, 1.165) is 41.9 Å². The van der Waals surface area contributed by atoms with Gasteiger partial charge in [0.05, 0.1) is 29.8 Å². The lowest BCUT2D eigenvalue weighted by atomic mass is 9.87. The van der Waals surface area contributed by atoms with Gasteiger partial charge in [0.1, 0.15) is 5.82 Å². The minimum Gasteiger partial charge on any atom is -0.375 e. The lowest BCUT2D eigenvalue weighted by Gasteiger charge is -2.31. The second-order valence-electron chi connectivity index (χ2n) is 8.74. The fourth-order valence-corrected chi connectivity index (χ4v) is 5.39. The first-order valence-electron chi connectivity index (χ1n) is 10.8. The van der Waals surface area contributed by atoms with Crippen molar-refractivity contribution < 1.29 is 17.9 Å². The first kappa shape index (κ1) is 19.8. The zero-order valence-corrected chi connectivity index (χ0v) is 16.9. The average molecular weight is 421 g/mol. The van der Waals surface area contributed by atoms with Gasteiger partial charge in [-0.2, -0.15) is 13.2 Å². The summed E-state index contributed by atoms with van der Waals surface area (Å²) in [5, 5.41) is 8.82. The molecule has 2 aliphatic rings. The molecule has 2 fully saturated rings. The first-order valence-corrected chi connectivity index (χ1v) is 10.8. The molecule has 0 amide bonds. The molecule has 3 aromatic rings. The Morgan fingerprint density at radius 3 is 2.67 bits per heavy atom. The number of rotatable bonds is 4. The number of alkyl halides is 3. The molecule has 6 nitrogen and oxygen atoms in total. The van der Waals surface area contributed by atoms with Crippen molar-refractivity contribution in [3.63, 3.8) is 0 Å². The molecule has 0 radical (unpaired) electrons. The number of halogens is 3. The van der Waals surface area contributed by atoms with Crippen molar-refractivity contribution in [2.45, 2.75) is 76.2 Å². The van der Waals surface area contributed by atoms with Crippen molar-refractivity contribution in [1.82, 2.24) is 24.6 Å². The van der Waals surface area contributed by atoms with E-state index in [1.165, 1.54) is 0 Å². The Morgan fingerprint density at radius 2 is 1.93 bits per heavy atom. The highest BCUT2D eigenvalue weighted by atomic mass is 19.4. The van der Waals surface area contributed by atoms with Crippen LogP contribution in [0.4, 0.5) is 13.2 Å². The molecule has 0 saturated heterocycles. The monoisotopic (exact) mass is 421 g/mol. The van der Waals surface area contributed by atoms with Crippen LogP contribution >= 0.6 is 0 Å². The fraction of sp³-hybridized carbons (Fsp3) is 0.667. The molecule has 0 unspecified atom stereocenters. The molecule has 0 bridgehead atoms. The topological polar surface area (TPSA) is 68.1 Å². The number of hydrogen-bond donors (Lipinski definition) is 1. The first-order chi connectivity index (χ1) is 14.4. The molecule has 162 valence electrons. The lowest BCUT2D eigenvalue weighted by Crippen LogP contribution is -2.32. The molecule has 3 aromatic heterocycles. The standard InChI is InChI=1S/C21H26F3N5O/c1-2-12-9-15(30-14-5-3-13(4-6-14)21(22,23)24)10-16(12)20-28-27-18-11-26-19-17(29(18)20)7-8-25-19/h7-8,11-16,25H,2-6,9-10H2,1H3/t12-,13-,14-,15-,16+/m1/s1. The molecule has 30 heavy (non-hydrogen) atoms. The third-order valence-electron chi connectivity index (χ3n) is 7.00. The molecule has 2 saturated carbocycles. The van der Waals surface area contributed by atoms with E-state index in [1.807, 2.05) is 12.3 Å². The highest BCUT2D eigenvalue weighted by Gasteiger charge is 2.43. The lowest BCUT2D eigenvalue weighted by molar-refractivity contribution is -0.189. The van der Waals surface area contributed by atoms with Crippen molar-refractivity contribution in [1.29, 1.82) is 0 Å². The summed E-state index contributed by atoms with van der Waals surface area (Å²) in [6, 6.07) is 1.98. The summed E-state index contributed by atoms with van der Waals surface area (Å²) in [5.74, 6) is 0.380. The number of aromatic nitrogens is 5. The molecule has 0 aromatic carbocycles. The molecule has 9 heteroatoms. The number of nitrogens with one attached hydrogen (secondary N) is 1. The van der Waals surface area contributed by atoms with Gasteiger partial charge in [-0.05, 0) is 50.5 Å². The van der Waals surface area contributed by atoms with Gasteiger partial charge in [-0.25, -0.2) is 4.98 Å². The SMILES string of the molecule is CC[C@@H]1C[C@@H](O[C@H]2CC[C@H](C(F)(F)F)CC2)C[C@@H]1c1nnc2cnc3[nH]ccc3n12. The third kappa shape index (κ3) is 3.46. The normalized spacial score (nSPS) is 30.5. The van der Waals surface area contributed by atoms with Crippen molar-refractivity contribution in [3.05, 3.63) is 24.3 Å². The quantitative estimate of drug-likeness (QED) is 0.643. The molecule has 0 aliphatic heterocycles. The van der Waals surface area contributed by atoms with Gasteiger partial charge in [-0.3, -0.25) is 4.40 Å². The predicted molar refractivity (Wildman–Crippen MR) is 105 cm³/mol. The maximum Gasteiger partial charge on any atom is 0.391 e. The van der Waals surface area contributed by atoms with E-state index in [-0.39, 0.29) is 31.0 Å². The van der Waals surface area contributed by atoms with Gasteiger partial charge in [-0.1, -0.05) is 13.3 Å². The van der Waals surface area contributed by atoms with Crippen LogP contribution in [0, 0.1) is 11.8 Å². The van der Waals surface area contributed by atoms with Crippen LogP contribution in [0.2, 0.25) is 0 Å². The van der Waals surface area contributed by atoms with Crippen LogP contribution < -0.4 is 0 Å². The van der Waals surface area contributed by atoms with Crippen LogP contribution in [-0.4, -0.2) is 43.0 Å². The van der Waals surface area contributed by atoms with Crippen molar-refractivity contribution in [2.24, 2.45) is 11.8 Å². The average Bonchev–Trinajstić information content (AvgIpc) is 3.44. The minimum absolute atomic E-state index is 0.0586. The third-order valence-corrected chi connectivity index (χ3v) is 7.00. The van der Waals surface area contributed by atoms with E-state index in [0.29, 0.717) is 18.8 Å². The largest absolute Gasteiger partial charge is 0.391 e. The van der Waals surface area contributed by atoms with E-state index in [4.69, 9.17) is 4.74 Å². The summed E-state index contributed by atoms with van der Waals surface area (Å²) >= 11 is 0. The van der Waals surface area contributed by atoms with E-state index >= 15 is 0 Å². The number of H-pyrrole nitrogens is 1. The summed E-state index contributed by atoms with van der Waals surface area (Å²) < 4.78 is 47.2. The van der Waals surface area contributed by atoms with E-state index in [2.05, 4.69) is 31.5 Å². The van der Waals surface area contributed by atoms with Gasteiger partial charge in [0, 0.05) is 12.1 Å². The highest BCUT2D eigenvalue weighted by molar-refractivity contribution is 5.74. The molecular formula is C21H26F3N5O. The smallest absolute Gasteiger partial charge is 0.375 e. The summed E-state index contributed by atoms with van der Waals surface area (Å²) in [6.45, 7) is 2.17. The summed E-state index contributed by atoms with van der Waals surface area (Å²) in [5.41, 5.74) is 2.47. The van der Waals surface area contributed by atoms with Crippen molar-refractivity contribution in [3.8, 4) is 0 Å². The Kier molecular flexibility index (Phi) is 4.95. The van der Waals surface area contributed by atoms with E-state index in [9.17, 15) is 13.2 Å². The number of fused-ring (bicyclic) bond motifs is 3. The molecule has 5 rings (SSSR count). The fourth-order valence-electron chi connectivity index (χ4n) is 5.39. The molecule has 1 N–H and O–H groups in total. The summed E-state index contributed by atoms with van der Waals surface area (Å²) in [7, 11) is 0. The Bertz CT molecular complexity index is 1020. The molecule has 3 atom stereocenters. The molecule has 2 aliphatic carbocycles. The molecule has 0 spiro atoms. The van der Waals surface area contributed by atoms with Gasteiger partial charge in [0.2, 0.25) is 0 Å². The number of ether oxygens (including phenoxy) is 1. The number of hydrogen-bond acceptors (Lipinski definition) is 4. The van der Waals surface area contributed by atoms with Crippen LogP contribution in [-0.2, 0) is 4.74 Å². The summed E-state index contributed by atoms with van der Waals surface area (Å²) in [4.78, 5) is 7.51. The van der Waals surface area contributed by atoms with Crippen LogP contribution in [0.25, 0.3) is 16.8 Å². The van der Waals surface area contributed by atoms with E-state index < -0.39 is 12.1 Å². The van der Waals surface area contributed by atoms with Gasteiger partial charge in [0.25, 0.3) is 0 Å². The Morgan fingerprint density at radius 1 is 1.13 bits per heavy atom. The predicted octanol–water partition coefficient (Wildman–Crippen LogP) is 5.02. The van der Waals surface area contributed by atoms with Gasteiger partial charge < -0.3 is 9.72 Å². The zero-order valence-electron chi connectivity index (χ0n) is 16.9.